The summed E-state index contributed by atoms with van der Waals surface area (Å²) in [6.07, 6.45) is 2.62. The maximum absolute atomic E-state index is 3.21. The molecule has 7 heavy (non-hydrogen) atoms. The van der Waals surface area contributed by atoms with Gasteiger partial charge in [0.05, 0.1) is 0 Å². The maximum atomic E-state index is 3.21. The van der Waals surface area contributed by atoms with Crippen LogP contribution in [-0.4, -0.2) is 6.54 Å². The fourth-order valence-electron chi connectivity index (χ4n) is 0.856. The Morgan fingerprint density at radius 1 is 1.71 bits per heavy atom. The largest absolute Gasteiger partial charge is 0.312 e. The molecule has 1 rings (SSSR count). The van der Waals surface area contributed by atoms with Crippen molar-refractivity contribution < 1.29 is 0 Å². The van der Waals surface area contributed by atoms with Crippen LogP contribution in [0.2, 0.25) is 0 Å². The van der Waals surface area contributed by atoms with Crippen molar-refractivity contribution in [3.63, 3.8) is 0 Å². The first-order valence-electron chi connectivity index (χ1n) is 2.94. The normalized spacial score (nSPS) is 33.0. The van der Waals surface area contributed by atoms with Gasteiger partial charge in [-0.1, -0.05) is 6.92 Å². The van der Waals surface area contributed by atoms with E-state index >= 15 is 0 Å². The Morgan fingerprint density at radius 3 is 2.86 bits per heavy atom. The summed E-state index contributed by atoms with van der Waals surface area (Å²) in [7, 11) is 0. The van der Waals surface area contributed by atoms with Crippen LogP contribution >= 0.6 is 0 Å². The standard InChI is InChI=1S/C6H12N/c1-6-3-2-4-7-5-6/h4,6-7H,2-3,5H2,1H3. The predicted molar refractivity (Wildman–Crippen MR) is 30.7 cm³/mol. The van der Waals surface area contributed by atoms with Gasteiger partial charge in [0.1, 0.15) is 0 Å². The minimum absolute atomic E-state index is 0.894. The van der Waals surface area contributed by atoms with Gasteiger partial charge in [-0.15, -0.1) is 0 Å². The smallest absolute Gasteiger partial charge is 0.0221 e. The minimum atomic E-state index is 0.894. The number of rotatable bonds is 0. The van der Waals surface area contributed by atoms with E-state index in [1.165, 1.54) is 19.4 Å². The van der Waals surface area contributed by atoms with Crippen molar-refractivity contribution in [1.29, 1.82) is 0 Å². The van der Waals surface area contributed by atoms with Crippen molar-refractivity contribution in [2.75, 3.05) is 6.54 Å². The van der Waals surface area contributed by atoms with Gasteiger partial charge in [-0.3, -0.25) is 0 Å². The van der Waals surface area contributed by atoms with Crippen LogP contribution in [0.25, 0.3) is 0 Å². The molecule has 1 nitrogen and oxygen atoms in total. The molecule has 0 bridgehead atoms. The Kier molecular flexibility index (Phi) is 1.69. The van der Waals surface area contributed by atoms with E-state index in [0.29, 0.717) is 0 Å². The molecule has 1 heterocycles. The lowest BCUT2D eigenvalue weighted by Crippen LogP contribution is -2.23. The highest BCUT2D eigenvalue weighted by molar-refractivity contribution is 4.72. The molecule has 1 aliphatic heterocycles. The fraction of sp³-hybridized carbons (Fsp3) is 0.833. The van der Waals surface area contributed by atoms with Gasteiger partial charge in [-0.05, 0) is 25.3 Å². The van der Waals surface area contributed by atoms with Crippen LogP contribution in [0.3, 0.4) is 0 Å². The van der Waals surface area contributed by atoms with Crippen LogP contribution in [0.15, 0.2) is 0 Å². The fourth-order valence-corrected chi connectivity index (χ4v) is 0.856. The van der Waals surface area contributed by atoms with Crippen LogP contribution in [0.5, 0.6) is 0 Å². The molecule has 0 aromatic rings. The third-order valence-corrected chi connectivity index (χ3v) is 1.41. The van der Waals surface area contributed by atoms with E-state index in [1.807, 2.05) is 0 Å². The second kappa shape index (κ2) is 2.31. The van der Waals surface area contributed by atoms with Crippen LogP contribution in [0.4, 0.5) is 0 Å². The Morgan fingerprint density at radius 2 is 2.57 bits per heavy atom. The third kappa shape index (κ3) is 1.48. The van der Waals surface area contributed by atoms with E-state index in [0.717, 1.165) is 5.92 Å². The zero-order chi connectivity index (χ0) is 5.11. The van der Waals surface area contributed by atoms with E-state index in [1.54, 1.807) is 0 Å². The molecule has 1 N–H and O–H groups in total. The van der Waals surface area contributed by atoms with Gasteiger partial charge in [0.15, 0.2) is 0 Å². The molecule has 0 aromatic heterocycles. The molecule has 1 saturated heterocycles. The first kappa shape index (κ1) is 5.10. The number of hydrogen-bond donors (Lipinski definition) is 1. The minimum Gasteiger partial charge on any atom is -0.312 e. The number of piperidine rings is 1. The summed E-state index contributed by atoms with van der Waals surface area (Å²) in [4.78, 5) is 0. The zero-order valence-electron chi connectivity index (χ0n) is 4.78. The molecule has 41 valence electrons. The zero-order valence-corrected chi connectivity index (χ0v) is 4.78. The summed E-state index contributed by atoms with van der Waals surface area (Å²) in [6.45, 7) is 5.61. The lowest BCUT2D eigenvalue weighted by atomic mass is 10.0. The number of hydrogen-bond acceptors (Lipinski definition) is 1. The van der Waals surface area contributed by atoms with Gasteiger partial charge in [0, 0.05) is 6.54 Å². The highest BCUT2D eigenvalue weighted by Crippen LogP contribution is 2.09. The highest BCUT2D eigenvalue weighted by Gasteiger charge is 2.05. The molecule has 0 amide bonds. The van der Waals surface area contributed by atoms with Crippen LogP contribution in [-0.2, 0) is 0 Å². The van der Waals surface area contributed by atoms with Crippen molar-refractivity contribution in [3.8, 4) is 0 Å². The second-order valence-electron chi connectivity index (χ2n) is 2.29. The molecular formula is C6H12N. The molecule has 1 radical (unpaired) electrons. The summed E-state index contributed by atoms with van der Waals surface area (Å²) in [5.74, 6) is 0.894. The van der Waals surface area contributed by atoms with Crippen molar-refractivity contribution >= 4 is 0 Å². The summed E-state index contributed by atoms with van der Waals surface area (Å²) >= 11 is 0. The van der Waals surface area contributed by atoms with Gasteiger partial charge in [0.25, 0.3) is 0 Å². The van der Waals surface area contributed by atoms with Gasteiger partial charge < -0.3 is 5.32 Å². The van der Waals surface area contributed by atoms with E-state index < -0.39 is 0 Å². The van der Waals surface area contributed by atoms with Gasteiger partial charge in [-0.2, -0.15) is 0 Å². The molecule has 0 saturated carbocycles. The Bertz CT molecular complexity index is 46.1. The van der Waals surface area contributed by atoms with E-state index in [-0.39, 0.29) is 0 Å². The van der Waals surface area contributed by atoms with Crippen LogP contribution in [0.1, 0.15) is 19.8 Å². The van der Waals surface area contributed by atoms with E-state index in [2.05, 4.69) is 18.8 Å². The average molecular weight is 98.2 g/mol. The first-order chi connectivity index (χ1) is 3.39. The molecule has 0 aliphatic carbocycles. The molecule has 1 heteroatoms. The average Bonchev–Trinajstić information content (AvgIpc) is 1.69. The monoisotopic (exact) mass is 98.1 g/mol. The van der Waals surface area contributed by atoms with Crippen LogP contribution < -0.4 is 5.32 Å². The van der Waals surface area contributed by atoms with Gasteiger partial charge >= 0.3 is 0 Å². The molecule has 0 aromatic carbocycles. The van der Waals surface area contributed by atoms with Gasteiger partial charge in [0.2, 0.25) is 0 Å². The SMILES string of the molecule is CC1CC[CH]NC1. The quantitative estimate of drug-likeness (QED) is 0.479. The maximum Gasteiger partial charge on any atom is 0.0221 e. The summed E-state index contributed by atoms with van der Waals surface area (Å²) in [6, 6.07) is 0. The Hall–Kier alpha value is -0.0400. The first-order valence-corrected chi connectivity index (χ1v) is 2.94. The summed E-state index contributed by atoms with van der Waals surface area (Å²) in [5.41, 5.74) is 0. The lowest BCUT2D eigenvalue weighted by Gasteiger charge is -2.17. The van der Waals surface area contributed by atoms with Gasteiger partial charge in [-0.25, -0.2) is 0 Å². The highest BCUT2D eigenvalue weighted by atomic mass is 14.9. The number of nitrogens with one attached hydrogen (secondary N) is 1. The molecule has 1 aliphatic rings. The lowest BCUT2D eigenvalue weighted by molar-refractivity contribution is 0.443. The predicted octanol–water partition coefficient (Wildman–Crippen LogP) is 1.17. The van der Waals surface area contributed by atoms with Crippen molar-refractivity contribution in [2.45, 2.75) is 19.8 Å². The Balaban J connectivity index is 2.12. The van der Waals surface area contributed by atoms with Crippen molar-refractivity contribution in [3.05, 3.63) is 6.54 Å². The molecule has 1 fully saturated rings. The second-order valence-corrected chi connectivity index (χ2v) is 2.29. The summed E-state index contributed by atoms with van der Waals surface area (Å²) < 4.78 is 0. The molecule has 0 spiro atoms. The molecule has 1 atom stereocenters. The van der Waals surface area contributed by atoms with E-state index in [4.69, 9.17) is 0 Å². The van der Waals surface area contributed by atoms with Crippen molar-refractivity contribution in [2.24, 2.45) is 5.92 Å². The third-order valence-electron chi connectivity index (χ3n) is 1.41. The topological polar surface area (TPSA) is 12.0 Å². The summed E-state index contributed by atoms with van der Waals surface area (Å²) in [5, 5.41) is 3.21. The van der Waals surface area contributed by atoms with Crippen LogP contribution in [0, 0.1) is 12.5 Å². The molecular weight excluding hydrogens is 86.1 g/mol. The Labute approximate surface area is 45.1 Å². The van der Waals surface area contributed by atoms with E-state index in [9.17, 15) is 0 Å². The van der Waals surface area contributed by atoms with Crippen molar-refractivity contribution in [1.82, 2.24) is 5.32 Å². The molecule has 1 unspecified atom stereocenters.